The number of benzene rings is 1. The summed E-state index contributed by atoms with van der Waals surface area (Å²) in [5, 5.41) is 14.8. The molecule has 0 aliphatic rings. The molecule has 1 amide bonds. The van der Waals surface area contributed by atoms with Crippen LogP contribution in [0.3, 0.4) is 0 Å². The van der Waals surface area contributed by atoms with Gasteiger partial charge in [-0.3, -0.25) is 4.79 Å². The van der Waals surface area contributed by atoms with Crippen molar-refractivity contribution in [1.82, 2.24) is 9.97 Å². The third-order valence-corrected chi connectivity index (χ3v) is 6.00. The van der Waals surface area contributed by atoms with E-state index in [-0.39, 0.29) is 11.2 Å². The number of thiazole rings is 1. The van der Waals surface area contributed by atoms with E-state index < -0.39 is 0 Å². The number of ether oxygens (including phenoxy) is 1. The first-order chi connectivity index (χ1) is 13.6. The van der Waals surface area contributed by atoms with Crippen LogP contribution in [-0.2, 0) is 4.79 Å². The van der Waals surface area contributed by atoms with Gasteiger partial charge in [0.25, 0.3) is 0 Å². The van der Waals surface area contributed by atoms with E-state index in [1.807, 2.05) is 31.2 Å². The molecule has 1 N–H and O–H groups in total. The number of aromatic nitrogens is 2. The Kier molecular flexibility index (Phi) is 6.63. The molecule has 0 spiro atoms. The number of nitrogens with one attached hydrogen (secondary N) is 1. The second kappa shape index (κ2) is 9.35. The molecule has 8 heteroatoms. The molecule has 0 aliphatic carbocycles. The molecular weight excluding hydrogens is 392 g/mol. The Balaban J connectivity index is 1.84. The largest absolute Gasteiger partial charge is 0.497 e. The smallest absolute Gasteiger partial charge is 0.239 e. The predicted octanol–water partition coefficient (Wildman–Crippen LogP) is 4.59. The van der Waals surface area contributed by atoms with Crippen molar-refractivity contribution >= 4 is 34.1 Å². The van der Waals surface area contributed by atoms with Crippen LogP contribution in [-0.4, -0.2) is 28.2 Å². The molecule has 0 saturated carbocycles. The molecule has 0 radical (unpaired) electrons. The Bertz CT molecular complexity index is 982. The van der Waals surface area contributed by atoms with Crippen molar-refractivity contribution in [2.24, 2.45) is 0 Å². The van der Waals surface area contributed by atoms with Crippen LogP contribution in [0.2, 0.25) is 0 Å². The van der Waals surface area contributed by atoms with Crippen LogP contribution < -0.4 is 10.1 Å². The van der Waals surface area contributed by atoms with Gasteiger partial charge in [0.15, 0.2) is 5.13 Å². The highest BCUT2D eigenvalue weighted by molar-refractivity contribution is 8.00. The first-order valence-corrected chi connectivity index (χ1v) is 10.3. The number of methoxy groups -OCH3 is 1. The van der Waals surface area contributed by atoms with Crippen molar-refractivity contribution in [2.75, 3.05) is 12.4 Å². The van der Waals surface area contributed by atoms with Gasteiger partial charge in [-0.2, -0.15) is 5.26 Å². The maximum absolute atomic E-state index is 12.6. The van der Waals surface area contributed by atoms with Gasteiger partial charge in [-0.15, -0.1) is 11.3 Å². The number of anilines is 1. The monoisotopic (exact) mass is 410 g/mol. The fourth-order valence-electron chi connectivity index (χ4n) is 2.47. The zero-order chi connectivity index (χ0) is 19.9. The lowest BCUT2D eigenvalue weighted by molar-refractivity contribution is -0.115. The normalized spacial score (nSPS) is 11.5. The molecule has 1 aromatic carbocycles. The summed E-state index contributed by atoms with van der Waals surface area (Å²) in [4.78, 5) is 21.3. The number of amides is 1. The molecule has 6 nitrogen and oxygen atoms in total. The summed E-state index contributed by atoms with van der Waals surface area (Å²) in [6, 6.07) is 13.2. The molecule has 2 aromatic heterocycles. The van der Waals surface area contributed by atoms with E-state index in [0.29, 0.717) is 22.1 Å². The van der Waals surface area contributed by atoms with Crippen LogP contribution in [0.15, 0.2) is 53.0 Å². The topological polar surface area (TPSA) is 87.9 Å². The van der Waals surface area contributed by atoms with Gasteiger partial charge in [0.05, 0.1) is 23.6 Å². The van der Waals surface area contributed by atoms with Crippen LogP contribution in [0.5, 0.6) is 5.75 Å². The van der Waals surface area contributed by atoms with Crippen LogP contribution in [0.1, 0.15) is 18.9 Å². The second-order valence-corrected chi connectivity index (χ2v) is 7.82. The SMILES string of the molecule is CCC(Sc1nc(-c2ccc(OC)cc2)ccc1C#N)C(=O)Nc1nccs1. The van der Waals surface area contributed by atoms with Crippen molar-refractivity contribution in [1.29, 1.82) is 5.26 Å². The summed E-state index contributed by atoms with van der Waals surface area (Å²) in [6.45, 7) is 1.93. The third kappa shape index (κ3) is 4.68. The molecule has 28 heavy (non-hydrogen) atoms. The Morgan fingerprint density at radius 3 is 2.71 bits per heavy atom. The predicted molar refractivity (Wildman–Crippen MR) is 112 cm³/mol. The maximum atomic E-state index is 12.6. The standard InChI is InChI=1S/C20H18N4O2S2/c1-3-17(18(25)24-20-22-10-11-27-20)28-19-14(12-21)6-9-16(23-19)13-4-7-15(26-2)8-5-13/h4-11,17H,3H2,1-2H3,(H,22,24,25). The van der Waals surface area contributed by atoms with Gasteiger partial charge in [-0.05, 0) is 42.8 Å². The molecule has 0 saturated heterocycles. The Labute approximate surface area is 171 Å². The van der Waals surface area contributed by atoms with Crippen molar-refractivity contribution in [3.63, 3.8) is 0 Å². The molecule has 0 aliphatic heterocycles. The highest BCUT2D eigenvalue weighted by Gasteiger charge is 2.21. The van der Waals surface area contributed by atoms with E-state index in [0.717, 1.165) is 17.0 Å². The summed E-state index contributed by atoms with van der Waals surface area (Å²) in [7, 11) is 1.62. The summed E-state index contributed by atoms with van der Waals surface area (Å²) in [5.41, 5.74) is 2.09. The fraction of sp³-hybridized carbons (Fsp3) is 0.200. The number of pyridine rings is 1. The van der Waals surface area contributed by atoms with Gasteiger partial charge in [0, 0.05) is 17.1 Å². The van der Waals surface area contributed by atoms with Crippen LogP contribution in [0, 0.1) is 11.3 Å². The number of thioether (sulfide) groups is 1. The van der Waals surface area contributed by atoms with Gasteiger partial charge in [-0.25, -0.2) is 9.97 Å². The van der Waals surface area contributed by atoms with Gasteiger partial charge in [-0.1, -0.05) is 18.7 Å². The average Bonchev–Trinajstić information content (AvgIpc) is 3.24. The molecule has 3 aromatic rings. The van der Waals surface area contributed by atoms with Crippen molar-refractivity contribution < 1.29 is 9.53 Å². The molecule has 0 fully saturated rings. The number of hydrogen-bond acceptors (Lipinski definition) is 7. The number of carbonyl (C=O) groups excluding carboxylic acids is 1. The Morgan fingerprint density at radius 1 is 1.32 bits per heavy atom. The lowest BCUT2D eigenvalue weighted by Crippen LogP contribution is -2.24. The minimum absolute atomic E-state index is 0.150. The molecule has 3 rings (SSSR count). The van der Waals surface area contributed by atoms with Crippen molar-refractivity contribution in [2.45, 2.75) is 23.6 Å². The van der Waals surface area contributed by atoms with E-state index in [2.05, 4.69) is 21.4 Å². The molecule has 1 unspecified atom stereocenters. The van der Waals surface area contributed by atoms with Crippen LogP contribution in [0.25, 0.3) is 11.3 Å². The molecule has 2 heterocycles. The Morgan fingerprint density at radius 2 is 2.11 bits per heavy atom. The van der Waals surface area contributed by atoms with E-state index in [4.69, 9.17) is 4.74 Å². The quantitative estimate of drug-likeness (QED) is 0.573. The molecule has 1 atom stereocenters. The number of nitrogens with zero attached hydrogens (tertiary/aromatic N) is 3. The number of hydrogen-bond donors (Lipinski definition) is 1. The number of rotatable bonds is 7. The minimum atomic E-state index is -0.380. The van der Waals surface area contributed by atoms with E-state index >= 15 is 0 Å². The van der Waals surface area contributed by atoms with E-state index in [1.165, 1.54) is 23.1 Å². The summed E-state index contributed by atoms with van der Waals surface area (Å²) >= 11 is 2.66. The van der Waals surface area contributed by atoms with Gasteiger partial charge >= 0.3 is 0 Å². The number of carbonyl (C=O) groups is 1. The fourth-order valence-corrected chi connectivity index (χ4v) is 3.99. The van der Waals surface area contributed by atoms with Gasteiger partial charge < -0.3 is 10.1 Å². The lowest BCUT2D eigenvalue weighted by Gasteiger charge is -2.14. The zero-order valence-electron chi connectivity index (χ0n) is 15.4. The van der Waals surface area contributed by atoms with E-state index in [1.54, 1.807) is 30.8 Å². The first kappa shape index (κ1) is 19.9. The van der Waals surface area contributed by atoms with Crippen molar-refractivity contribution in [3.05, 3.63) is 53.5 Å². The maximum Gasteiger partial charge on any atom is 0.239 e. The average molecular weight is 411 g/mol. The minimum Gasteiger partial charge on any atom is -0.497 e. The molecular formula is C20H18N4O2S2. The zero-order valence-corrected chi connectivity index (χ0v) is 17.0. The number of nitriles is 1. The molecule has 0 bridgehead atoms. The van der Waals surface area contributed by atoms with Gasteiger partial charge in [0.1, 0.15) is 16.8 Å². The van der Waals surface area contributed by atoms with Gasteiger partial charge in [0.2, 0.25) is 5.91 Å². The first-order valence-electron chi connectivity index (χ1n) is 8.57. The van der Waals surface area contributed by atoms with Crippen molar-refractivity contribution in [3.8, 4) is 23.1 Å². The highest BCUT2D eigenvalue weighted by atomic mass is 32.2. The third-order valence-electron chi connectivity index (χ3n) is 3.95. The second-order valence-electron chi connectivity index (χ2n) is 5.73. The summed E-state index contributed by atoms with van der Waals surface area (Å²) in [6.07, 6.45) is 2.24. The molecule has 142 valence electrons. The summed E-state index contributed by atoms with van der Waals surface area (Å²) in [5.74, 6) is 0.611. The van der Waals surface area contributed by atoms with Crippen LogP contribution >= 0.6 is 23.1 Å². The van der Waals surface area contributed by atoms with E-state index in [9.17, 15) is 10.1 Å². The van der Waals surface area contributed by atoms with Crippen LogP contribution in [0.4, 0.5) is 5.13 Å². The Hall–Kier alpha value is -2.89. The summed E-state index contributed by atoms with van der Waals surface area (Å²) < 4.78 is 5.19. The lowest BCUT2D eigenvalue weighted by atomic mass is 10.1. The highest BCUT2D eigenvalue weighted by Crippen LogP contribution is 2.31.